The number of allylic oxidation sites excluding steroid dienone is 2. The van der Waals surface area contributed by atoms with Crippen molar-refractivity contribution in [2.45, 2.75) is 13.0 Å². The minimum atomic E-state index is -0.0306. The standard InChI is InChI=1S/C23H30N2O/c1-6-26-23(20-13-17-22(18-14-20)25(4)5)10-8-7-9-19-11-15-21(16-12-19)24(2)3/h7-18,23H,6H2,1-5H3. The first-order valence-corrected chi connectivity index (χ1v) is 9.02. The van der Waals surface area contributed by atoms with Gasteiger partial charge in [0.1, 0.15) is 6.10 Å². The van der Waals surface area contributed by atoms with Crippen LogP contribution in [0.5, 0.6) is 0 Å². The first kappa shape index (κ1) is 19.8. The van der Waals surface area contributed by atoms with Crippen molar-refractivity contribution in [3.8, 4) is 0 Å². The molecule has 3 heteroatoms. The van der Waals surface area contributed by atoms with Crippen LogP contribution in [0.15, 0.2) is 66.8 Å². The molecule has 0 N–H and O–H groups in total. The molecular formula is C23H30N2O. The van der Waals surface area contributed by atoms with Crippen LogP contribution < -0.4 is 9.80 Å². The second kappa shape index (κ2) is 9.83. The van der Waals surface area contributed by atoms with E-state index in [-0.39, 0.29) is 6.10 Å². The molecule has 2 aromatic rings. The molecule has 2 rings (SSSR count). The van der Waals surface area contributed by atoms with Crippen LogP contribution in [0.4, 0.5) is 11.4 Å². The van der Waals surface area contributed by atoms with Crippen LogP contribution >= 0.6 is 0 Å². The maximum absolute atomic E-state index is 5.88. The third-order valence-corrected chi connectivity index (χ3v) is 4.18. The molecule has 0 saturated carbocycles. The van der Waals surface area contributed by atoms with Gasteiger partial charge in [-0.2, -0.15) is 0 Å². The minimum Gasteiger partial charge on any atom is -0.378 e. The maximum atomic E-state index is 5.88. The Hall–Kier alpha value is -2.52. The summed E-state index contributed by atoms with van der Waals surface area (Å²) in [6, 6.07) is 17.0. The molecule has 0 saturated heterocycles. The summed E-state index contributed by atoms with van der Waals surface area (Å²) in [5.41, 5.74) is 4.74. The lowest BCUT2D eigenvalue weighted by Crippen LogP contribution is -2.08. The van der Waals surface area contributed by atoms with Crippen molar-refractivity contribution >= 4 is 17.5 Å². The highest BCUT2D eigenvalue weighted by atomic mass is 16.5. The normalized spacial score (nSPS) is 12.7. The highest BCUT2D eigenvalue weighted by Gasteiger charge is 2.07. The van der Waals surface area contributed by atoms with E-state index in [4.69, 9.17) is 4.74 Å². The number of anilines is 2. The van der Waals surface area contributed by atoms with Crippen molar-refractivity contribution in [2.75, 3.05) is 44.6 Å². The minimum absolute atomic E-state index is 0.0306. The van der Waals surface area contributed by atoms with E-state index in [2.05, 4.69) is 82.6 Å². The summed E-state index contributed by atoms with van der Waals surface area (Å²) in [5, 5.41) is 0. The van der Waals surface area contributed by atoms with Crippen LogP contribution in [-0.2, 0) is 4.74 Å². The summed E-state index contributed by atoms with van der Waals surface area (Å²) in [7, 11) is 8.19. The molecule has 138 valence electrons. The van der Waals surface area contributed by atoms with Crippen molar-refractivity contribution in [1.82, 2.24) is 0 Å². The molecule has 3 nitrogen and oxygen atoms in total. The van der Waals surface area contributed by atoms with Gasteiger partial charge >= 0.3 is 0 Å². The molecule has 0 bridgehead atoms. The summed E-state index contributed by atoms with van der Waals surface area (Å²) < 4.78 is 5.88. The number of ether oxygens (including phenoxy) is 1. The number of hydrogen-bond acceptors (Lipinski definition) is 3. The third-order valence-electron chi connectivity index (χ3n) is 4.18. The van der Waals surface area contributed by atoms with Crippen molar-refractivity contribution in [3.63, 3.8) is 0 Å². The van der Waals surface area contributed by atoms with Crippen molar-refractivity contribution in [2.24, 2.45) is 0 Å². The Labute approximate surface area is 158 Å². The Bertz CT molecular complexity index is 713. The second-order valence-corrected chi connectivity index (χ2v) is 6.59. The van der Waals surface area contributed by atoms with Crippen LogP contribution in [0.1, 0.15) is 24.2 Å². The Morgan fingerprint density at radius 2 is 1.35 bits per heavy atom. The van der Waals surface area contributed by atoms with Gasteiger partial charge in [-0.3, -0.25) is 0 Å². The SMILES string of the molecule is CCOC(C=CC=Cc1ccc(N(C)C)cc1)c1ccc(N(C)C)cc1. The van der Waals surface area contributed by atoms with Gasteiger partial charge in [0.2, 0.25) is 0 Å². The quantitative estimate of drug-likeness (QED) is 0.611. The van der Waals surface area contributed by atoms with Crippen molar-refractivity contribution in [3.05, 3.63) is 77.9 Å². The first-order chi connectivity index (χ1) is 12.5. The van der Waals surface area contributed by atoms with E-state index in [0.29, 0.717) is 6.61 Å². The zero-order valence-electron chi connectivity index (χ0n) is 16.5. The van der Waals surface area contributed by atoms with E-state index in [1.165, 1.54) is 16.9 Å². The van der Waals surface area contributed by atoms with Gasteiger partial charge in [0.05, 0.1) is 0 Å². The smallest absolute Gasteiger partial charge is 0.101 e. The Morgan fingerprint density at radius 3 is 1.85 bits per heavy atom. The highest BCUT2D eigenvalue weighted by Crippen LogP contribution is 2.22. The largest absolute Gasteiger partial charge is 0.378 e. The molecule has 0 heterocycles. The molecule has 1 atom stereocenters. The average Bonchev–Trinajstić information content (AvgIpc) is 2.64. The maximum Gasteiger partial charge on any atom is 0.101 e. The van der Waals surface area contributed by atoms with Gasteiger partial charge in [-0.05, 0) is 42.3 Å². The Morgan fingerprint density at radius 1 is 0.808 bits per heavy atom. The molecule has 0 amide bonds. The fourth-order valence-corrected chi connectivity index (χ4v) is 2.62. The van der Waals surface area contributed by atoms with Gasteiger partial charge in [-0.1, -0.05) is 48.6 Å². The monoisotopic (exact) mass is 350 g/mol. The van der Waals surface area contributed by atoms with Crippen molar-refractivity contribution < 1.29 is 4.74 Å². The molecule has 26 heavy (non-hydrogen) atoms. The van der Waals surface area contributed by atoms with E-state index in [0.717, 1.165) is 5.56 Å². The molecule has 0 aliphatic carbocycles. The van der Waals surface area contributed by atoms with E-state index in [1.54, 1.807) is 0 Å². The topological polar surface area (TPSA) is 15.7 Å². The molecule has 0 spiro atoms. The second-order valence-electron chi connectivity index (χ2n) is 6.59. The van der Waals surface area contributed by atoms with Gasteiger partial charge in [0.15, 0.2) is 0 Å². The van der Waals surface area contributed by atoms with Gasteiger partial charge < -0.3 is 14.5 Å². The van der Waals surface area contributed by atoms with E-state index < -0.39 is 0 Å². The summed E-state index contributed by atoms with van der Waals surface area (Å²) in [6.45, 7) is 2.71. The molecule has 0 aliphatic rings. The molecule has 2 aromatic carbocycles. The molecule has 0 aliphatic heterocycles. The van der Waals surface area contributed by atoms with Gasteiger partial charge in [-0.15, -0.1) is 0 Å². The molecule has 0 radical (unpaired) electrons. The predicted octanol–water partition coefficient (Wildman–Crippen LogP) is 5.17. The molecular weight excluding hydrogens is 320 g/mol. The van der Waals surface area contributed by atoms with E-state index >= 15 is 0 Å². The fraction of sp³-hybridized carbons (Fsp3) is 0.304. The van der Waals surface area contributed by atoms with Crippen molar-refractivity contribution in [1.29, 1.82) is 0 Å². The highest BCUT2D eigenvalue weighted by molar-refractivity contribution is 5.56. The van der Waals surface area contributed by atoms with Crippen LogP contribution in [0, 0.1) is 0 Å². The lowest BCUT2D eigenvalue weighted by Gasteiger charge is -2.16. The van der Waals surface area contributed by atoms with E-state index in [1.807, 2.05) is 35.1 Å². The summed E-state index contributed by atoms with van der Waals surface area (Å²) in [5.74, 6) is 0. The number of benzene rings is 2. The lowest BCUT2D eigenvalue weighted by molar-refractivity contribution is 0.0968. The molecule has 0 fully saturated rings. The summed E-state index contributed by atoms with van der Waals surface area (Å²) in [6.07, 6.45) is 8.29. The van der Waals surface area contributed by atoms with Crippen LogP contribution in [0.2, 0.25) is 0 Å². The van der Waals surface area contributed by atoms with Gasteiger partial charge in [0.25, 0.3) is 0 Å². The Kier molecular flexibility index (Phi) is 7.49. The summed E-state index contributed by atoms with van der Waals surface area (Å²) in [4.78, 5) is 4.20. The fourth-order valence-electron chi connectivity index (χ4n) is 2.62. The first-order valence-electron chi connectivity index (χ1n) is 9.02. The third kappa shape index (κ3) is 5.78. The number of rotatable bonds is 8. The van der Waals surface area contributed by atoms with Gasteiger partial charge in [-0.25, -0.2) is 0 Å². The van der Waals surface area contributed by atoms with Crippen LogP contribution in [0.25, 0.3) is 6.08 Å². The van der Waals surface area contributed by atoms with Crippen LogP contribution in [0.3, 0.4) is 0 Å². The summed E-state index contributed by atoms with van der Waals surface area (Å²) >= 11 is 0. The zero-order chi connectivity index (χ0) is 18.9. The predicted molar refractivity (Wildman–Crippen MR) is 114 cm³/mol. The Balaban J connectivity index is 2.04. The molecule has 1 unspecified atom stereocenters. The number of nitrogens with zero attached hydrogens (tertiary/aromatic N) is 2. The van der Waals surface area contributed by atoms with Gasteiger partial charge in [0, 0.05) is 46.2 Å². The van der Waals surface area contributed by atoms with E-state index in [9.17, 15) is 0 Å². The number of hydrogen-bond donors (Lipinski definition) is 0. The van der Waals surface area contributed by atoms with Crippen LogP contribution in [-0.4, -0.2) is 34.8 Å². The lowest BCUT2D eigenvalue weighted by atomic mass is 10.1. The zero-order valence-corrected chi connectivity index (χ0v) is 16.5. The average molecular weight is 351 g/mol. The molecule has 0 aromatic heterocycles.